The van der Waals surface area contributed by atoms with Gasteiger partial charge in [-0.05, 0) is 62.3 Å². The number of ether oxygens (including phenoxy) is 1. The summed E-state index contributed by atoms with van der Waals surface area (Å²) in [6, 6.07) is 0. The molecular weight excluding hydrogens is 232 g/mol. The van der Waals surface area contributed by atoms with E-state index in [4.69, 9.17) is 20.1 Å². The van der Waals surface area contributed by atoms with Gasteiger partial charge in [0, 0.05) is 18.8 Å². The van der Waals surface area contributed by atoms with Gasteiger partial charge in [-0.15, -0.1) is 0 Å². The van der Waals surface area contributed by atoms with Crippen molar-refractivity contribution in [3.05, 3.63) is 0 Å². The van der Waals surface area contributed by atoms with Gasteiger partial charge < -0.3 is 20.1 Å². The highest BCUT2D eigenvalue weighted by Crippen LogP contribution is 1.93. The predicted octanol–water partition coefficient (Wildman–Crippen LogP) is 2.59. The van der Waals surface area contributed by atoms with Gasteiger partial charge in [-0.1, -0.05) is 0 Å². The molecule has 0 fully saturated rings. The minimum absolute atomic E-state index is 0.167. The van der Waals surface area contributed by atoms with Gasteiger partial charge in [0.2, 0.25) is 0 Å². The zero-order valence-corrected chi connectivity index (χ0v) is 13.8. The Morgan fingerprint density at radius 2 is 0.833 bits per heavy atom. The van der Waals surface area contributed by atoms with Crippen LogP contribution in [-0.2, 0) is 4.74 Å². The van der Waals surface area contributed by atoms with E-state index in [1.807, 2.05) is 27.7 Å². The molecule has 4 nitrogen and oxygen atoms in total. The Balaban J connectivity index is -0.0000000775. The molecule has 0 atom stereocenters. The maximum Gasteiger partial charge on any atom is 0.0522 e. The molecule has 18 heavy (non-hydrogen) atoms. The van der Waals surface area contributed by atoms with Gasteiger partial charge >= 0.3 is 0 Å². The minimum atomic E-state index is -0.167. The Bertz CT molecular complexity index is 94.9. The van der Waals surface area contributed by atoms with Crippen molar-refractivity contribution in [1.82, 2.24) is 0 Å². The number of hydrogen-bond acceptors (Lipinski definition) is 4. The van der Waals surface area contributed by atoms with Gasteiger partial charge in [-0.25, -0.2) is 0 Å². The fourth-order valence-electron chi connectivity index (χ4n) is 0.544. The van der Waals surface area contributed by atoms with E-state index in [9.17, 15) is 0 Å². The van der Waals surface area contributed by atoms with E-state index >= 15 is 0 Å². The zero-order chi connectivity index (χ0) is 15.7. The molecule has 0 saturated heterocycles. The van der Waals surface area contributed by atoms with Crippen molar-refractivity contribution in [1.29, 1.82) is 0 Å². The smallest absolute Gasteiger partial charge is 0.0522 e. The fourth-order valence-corrected chi connectivity index (χ4v) is 0.544. The van der Waals surface area contributed by atoms with Gasteiger partial charge in [0.1, 0.15) is 0 Å². The van der Waals surface area contributed by atoms with Crippen LogP contribution < -0.4 is 0 Å². The first-order valence-corrected chi connectivity index (χ1v) is 6.63. The second kappa shape index (κ2) is 22.1. The second-order valence-corrected chi connectivity index (χ2v) is 4.74. The molecule has 0 unspecified atom stereocenters. The van der Waals surface area contributed by atoms with Gasteiger partial charge in [-0.2, -0.15) is 0 Å². The molecule has 4 heteroatoms. The molecular formula is C14H36O4. The van der Waals surface area contributed by atoms with Crippen molar-refractivity contribution >= 4 is 0 Å². The topological polar surface area (TPSA) is 69.9 Å². The summed E-state index contributed by atoms with van der Waals surface area (Å²) in [6.07, 6.45) is 0.417. The molecule has 0 radical (unpaired) electrons. The lowest BCUT2D eigenvalue weighted by Crippen LogP contribution is -2.09. The summed E-state index contributed by atoms with van der Waals surface area (Å²) >= 11 is 0. The van der Waals surface area contributed by atoms with E-state index < -0.39 is 0 Å². The maximum absolute atomic E-state index is 8.06. The van der Waals surface area contributed by atoms with Crippen molar-refractivity contribution in [3.63, 3.8) is 0 Å². The Morgan fingerprint density at radius 3 is 0.833 bits per heavy atom. The van der Waals surface area contributed by atoms with Crippen LogP contribution in [0.2, 0.25) is 0 Å². The third kappa shape index (κ3) is 237. The lowest BCUT2D eigenvalue weighted by atomic mass is 10.4. The number of rotatable bonds is 2. The highest BCUT2D eigenvalue weighted by Gasteiger charge is 1.94. The zero-order valence-electron chi connectivity index (χ0n) is 13.8. The summed E-state index contributed by atoms with van der Waals surface area (Å²) in [6.45, 7) is 17.0. The summed E-state index contributed by atoms with van der Waals surface area (Å²) in [5.41, 5.74) is 0. The van der Waals surface area contributed by atoms with Crippen LogP contribution in [0, 0.1) is 0 Å². The lowest BCUT2D eigenvalue weighted by molar-refractivity contribution is 0.0300. The Hall–Kier alpha value is -0.160. The van der Waals surface area contributed by atoms with Gasteiger partial charge in [0.25, 0.3) is 0 Å². The van der Waals surface area contributed by atoms with Crippen molar-refractivity contribution in [2.24, 2.45) is 0 Å². The molecule has 3 N–H and O–H groups in total. The average molecular weight is 268 g/mol. The van der Waals surface area contributed by atoms with Crippen molar-refractivity contribution in [2.75, 3.05) is 6.61 Å². The molecule has 0 aliphatic rings. The molecule has 116 valence electrons. The number of aliphatic hydroxyl groups is 3. The van der Waals surface area contributed by atoms with E-state index in [1.165, 1.54) is 0 Å². The first-order chi connectivity index (χ1) is 8.00. The van der Waals surface area contributed by atoms with E-state index in [1.54, 1.807) is 34.6 Å². The van der Waals surface area contributed by atoms with Crippen molar-refractivity contribution < 1.29 is 20.1 Å². The van der Waals surface area contributed by atoms with Crippen LogP contribution in [-0.4, -0.2) is 46.3 Å². The van der Waals surface area contributed by atoms with Crippen LogP contribution in [0.5, 0.6) is 0 Å². The largest absolute Gasteiger partial charge is 0.397 e. The minimum Gasteiger partial charge on any atom is -0.397 e. The Kier molecular flexibility index (Phi) is 32.4. The molecule has 0 aromatic rings. The summed E-state index contributed by atoms with van der Waals surface area (Å²) in [5.74, 6) is 0. The second-order valence-electron chi connectivity index (χ2n) is 4.74. The van der Waals surface area contributed by atoms with E-state index in [0.717, 1.165) is 0 Å². The van der Waals surface area contributed by atoms with Crippen LogP contribution >= 0.6 is 0 Å². The van der Waals surface area contributed by atoms with Crippen LogP contribution in [0.1, 0.15) is 62.3 Å². The van der Waals surface area contributed by atoms with Gasteiger partial charge in [0.15, 0.2) is 0 Å². The molecule has 0 aromatic heterocycles. The molecule has 0 spiro atoms. The third-order valence-electron chi connectivity index (χ3n) is 0.544. The van der Waals surface area contributed by atoms with Crippen LogP contribution in [0.4, 0.5) is 0 Å². The number of aliphatic hydroxyl groups excluding tert-OH is 3. The molecule has 0 saturated carbocycles. The quantitative estimate of drug-likeness (QED) is 0.720. The Morgan fingerprint density at radius 1 is 0.722 bits per heavy atom. The molecule has 0 aromatic carbocycles. The first kappa shape index (κ1) is 26.4. The van der Waals surface area contributed by atoms with E-state index in [2.05, 4.69) is 0 Å². The summed E-state index contributed by atoms with van der Waals surface area (Å²) < 4.78 is 5.25. The fraction of sp³-hybridized carbons (Fsp3) is 1.00. The first-order valence-electron chi connectivity index (χ1n) is 6.63. The lowest BCUT2D eigenvalue weighted by Gasteiger charge is -2.09. The van der Waals surface area contributed by atoms with E-state index in [0.29, 0.717) is 12.2 Å². The molecule has 0 heterocycles. The van der Waals surface area contributed by atoms with Gasteiger partial charge in [-0.3, -0.25) is 0 Å². The van der Waals surface area contributed by atoms with E-state index in [-0.39, 0.29) is 18.8 Å². The van der Waals surface area contributed by atoms with Crippen LogP contribution in [0.15, 0.2) is 0 Å². The highest BCUT2D eigenvalue weighted by molar-refractivity contribution is 4.40. The highest BCUT2D eigenvalue weighted by atomic mass is 16.5. The predicted molar refractivity (Wildman–Crippen MR) is 78.8 cm³/mol. The van der Waals surface area contributed by atoms with Crippen LogP contribution in [0.3, 0.4) is 0 Å². The summed E-state index contributed by atoms with van der Waals surface area (Å²) in [7, 11) is 0. The molecule has 0 aliphatic heterocycles. The third-order valence-corrected chi connectivity index (χ3v) is 0.544. The molecule has 0 rings (SSSR count). The normalized spacial score (nSPS) is 9.33. The standard InChI is InChI=1S/C6H14O.2C3H8O.C2H6O/c1-5(2)7-6(3)4;2*1-3(2)4;1-2-3/h5-6H,1-4H3;2*3-4H,1-2H3;3H,2H2,1H3. The van der Waals surface area contributed by atoms with Crippen molar-refractivity contribution in [3.8, 4) is 0 Å². The van der Waals surface area contributed by atoms with Gasteiger partial charge in [0.05, 0.1) is 12.2 Å². The Labute approximate surface area is 114 Å². The van der Waals surface area contributed by atoms with Crippen molar-refractivity contribution in [2.45, 2.75) is 86.7 Å². The average Bonchev–Trinajstić information content (AvgIpc) is 1.98. The molecule has 0 bridgehead atoms. The summed E-state index contributed by atoms with van der Waals surface area (Å²) in [4.78, 5) is 0. The monoisotopic (exact) mass is 268 g/mol. The SMILES string of the molecule is CC(C)O.CC(C)O.CC(C)OC(C)C.CCO. The molecule has 0 aliphatic carbocycles. The van der Waals surface area contributed by atoms with Crippen LogP contribution in [0.25, 0.3) is 0 Å². The maximum atomic E-state index is 8.06. The number of hydrogen-bond donors (Lipinski definition) is 3. The molecule has 0 amide bonds. The summed E-state index contributed by atoms with van der Waals surface area (Å²) in [5, 5.41) is 23.7.